The second kappa shape index (κ2) is 5.22. The zero-order chi connectivity index (χ0) is 15.0. The van der Waals surface area contributed by atoms with E-state index < -0.39 is 6.04 Å². The Labute approximate surface area is 123 Å². The number of benzene rings is 2. The predicted molar refractivity (Wildman–Crippen MR) is 87.4 cm³/mol. The smallest absolute Gasteiger partial charge is 0.240 e. The molecule has 4 nitrogen and oxygen atoms in total. The highest BCUT2D eigenvalue weighted by Gasteiger charge is 2.11. The number of carbonyl (C=O) groups excluding carboxylic acids is 1. The second-order valence-electron chi connectivity index (χ2n) is 5.27. The van der Waals surface area contributed by atoms with Gasteiger partial charge in [0.1, 0.15) is 0 Å². The fourth-order valence-corrected chi connectivity index (χ4v) is 2.73. The van der Waals surface area contributed by atoms with Crippen LogP contribution in [-0.4, -0.2) is 16.5 Å². The molecule has 0 aliphatic rings. The molecule has 108 valence electrons. The van der Waals surface area contributed by atoms with Crippen LogP contribution < -0.4 is 11.1 Å². The van der Waals surface area contributed by atoms with Gasteiger partial charge < -0.3 is 15.6 Å². The molecule has 0 aliphatic carbocycles. The molecule has 0 fully saturated rings. The van der Waals surface area contributed by atoms with E-state index in [4.69, 9.17) is 5.73 Å². The lowest BCUT2D eigenvalue weighted by atomic mass is 10.1. The van der Waals surface area contributed by atoms with Gasteiger partial charge in [-0.05, 0) is 38.1 Å². The number of anilines is 1. The van der Waals surface area contributed by atoms with E-state index >= 15 is 0 Å². The number of aromatic nitrogens is 1. The van der Waals surface area contributed by atoms with E-state index in [1.165, 1.54) is 16.4 Å². The number of fused-ring (bicyclic) bond motifs is 3. The summed E-state index contributed by atoms with van der Waals surface area (Å²) >= 11 is 0. The molecule has 1 aromatic heterocycles. The Morgan fingerprint density at radius 2 is 1.90 bits per heavy atom. The van der Waals surface area contributed by atoms with Gasteiger partial charge in [0.25, 0.3) is 0 Å². The van der Waals surface area contributed by atoms with Crippen molar-refractivity contribution < 1.29 is 4.79 Å². The SMILES string of the molecule is CCn1c2ccccc2c2cc(NC(=O)[C@@H](C)N)ccc21. The molecular formula is C17H19N3O. The number of hydrogen-bond donors (Lipinski definition) is 2. The molecule has 1 heterocycles. The number of para-hydroxylation sites is 1. The van der Waals surface area contributed by atoms with E-state index in [1.807, 2.05) is 24.3 Å². The van der Waals surface area contributed by atoms with Crippen molar-refractivity contribution in [2.45, 2.75) is 26.4 Å². The van der Waals surface area contributed by atoms with Crippen molar-refractivity contribution in [2.75, 3.05) is 5.32 Å². The van der Waals surface area contributed by atoms with Crippen molar-refractivity contribution in [1.82, 2.24) is 4.57 Å². The van der Waals surface area contributed by atoms with E-state index in [2.05, 4.69) is 35.0 Å². The van der Waals surface area contributed by atoms with Crippen LogP contribution in [0.25, 0.3) is 21.8 Å². The highest BCUT2D eigenvalue weighted by Crippen LogP contribution is 2.30. The number of rotatable bonds is 3. The summed E-state index contributed by atoms with van der Waals surface area (Å²) in [6, 6.07) is 13.8. The maximum Gasteiger partial charge on any atom is 0.240 e. The van der Waals surface area contributed by atoms with Crippen molar-refractivity contribution >= 4 is 33.4 Å². The molecule has 1 amide bonds. The number of nitrogens with two attached hydrogens (primary N) is 1. The summed E-state index contributed by atoms with van der Waals surface area (Å²) in [4.78, 5) is 11.7. The molecule has 1 atom stereocenters. The highest BCUT2D eigenvalue weighted by molar-refractivity contribution is 6.10. The van der Waals surface area contributed by atoms with Gasteiger partial charge in [-0.1, -0.05) is 18.2 Å². The van der Waals surface area contributed by atoms with Crippen molar-refractivity contribution in [2.24, 2.45) is 5.73 Å². The molecule has 0 aliphatic heterocycles. The van der Waals surface area contributed by atoms with E-state index in [1.54, 1.807) is 6.92 Å². The molecule has 0 saturated carbocycles. The number of amides is 1. The summed E-state index contributed by atoms with van der Waals surface area (Å²) in [6.07, 6.45) is 0. The maximum atomic E-state index is 11.7. The Bertz CT molecular complexity index is 817. The van der Waals surface area contributed by atoms with Crippen LogP contribution in [0.2, 0.25) is 0 Å². The molecule has 0 saturated heterocycles. The number of aryl methyl sites for hydroxylation is 1. The molecule has 3 N–H and O–H groups in total. The number of nitrogens with one attached hydrogen (secondary N) is 1. The Balaban J connectivity index is 2.17. The molecule has 2 aromatic carbocycles. The normalized spacial score (nSPS) is 12.7. The van der Waals surface area contributed by atoms with Gasteiger partial charge in [0.15, 0.2) is 0 Å². The lowest BCUT2D eigenvalue weighted by Crippen LogP contribution is -2.32. The van der Waals surface area contributed by atoms with Gasteiger partial charge in [-0.25, -0.2) is 0 Å². The first-order chi connectivity index (χ1) is 10.1. The van der Waals surface area contributed by atoms with Crippen LogP contribution in [0.5, 0.6) is 0 Å². The van der Waals surface area contributed by atoms with E-state index in [0.717, 1.165) is 17.6 Å². The van der Waals surface area contributed by atoms with Crippen molar-refractivity contribution in [3.63, 3.8) is 0 Å². The highest BCUT2D eigenvalue weighted by atomic mass is 16.2. The van der Waals surface area contributed by atoms with Crippen molar-refractivity contribution in [1.29, 1.82) is 0 Å². The minimum Gasteiger partial charge on any atom is -0.341 e. The van der Waals surface area contributed by atoms with Gasteiger partial charge in [-0.15, -0.1) is 0 Å². The minimum atomic E-state index is -0.516. The van der Waals surface area contributed by atoms with Crippen molar-refractivity contribution in [3.05, 3.63) is 42.5 Å². The third-order valence-corrected chi connectivity index (χ3v) is 3.77. The molecule has 0 spiro atoms. The van der Waals surface area contributed by atoms with Gasteiger partial charge >= 0.3 is 0 Å². The van der Waals surface area contributed by atoms with Crippen LogP contribution in [-0.2, 0) is 11.3 Å². The Kier molecular flexibility index (Phi) is 3.39. The third kappa shape index (κ3) is 2.28. The fourth-order valence-electron chi connectivity index (χ4n) is 2.73. The first-order valence-electron chi connectivity index (χ1n) is 7.19. The fraction of sp³-hybridized carbons (Fsp3) is 0.235. The Morgan fingerprint density at radius 1 is 1.19 bits per heavy atom. The lowest BCUT2D eigenvalue weighted by molar-refractivity contribution is -0.117. The standard InChI is InChI=1S/C17H19N3O/c1-3-20-15-7-5-4-6-13(15)14-10-12(8-9-16(14)20)19-17(21)11(2)18/h4-11H,3,18H2,1-2H3,(H,19,21)/t11-/m1/s1. The van der Waals surface area contributed by atoms with Crippen LogP contribution in [0.4, 0.5) is 5.69 Å². The first-order valence-corrected chi connectivity index (χ1v) is 7.19. The zero-order valence-corrected chi connectivity index (χ0v) is 12.3. The second-order valence-corrected chi connectivity index (χ2v) is 5.27. The summed E-state index contributed by atoms with van der Waals surface area (Å²) in [6.45, 7) is 4.73. The summed E-state index contributed by atoms with van der Waals surface area (Å²) in [5.41, 5.74) is 8.77. The van der Waals surface area contributed by atoms with Crippen molar-refractivity contribution in [3.8, 4) is 0 Å². The summed E-state index contributed by atoms with van der Waals surface area (Å²) < 4.78 is 2.28. The van der Waals surface area contributed by atoms with Crippen LogP contribution in [0.3, 0.4) is 0 Å². The lowest BCUT2D eigenvalue weighted by Gasteiger charge is -2.08. The van der Waals surface area contributed by atoms with Crippen LogP contribution in [0.15, 0.2) is 42.5 Å². The number of hydrogen-bond acceptors (Lipinski definition) is 2. The average Bonchev–Trinajstić information content (AvgIpc) is 2.80. The molecule has 3 rings (SSSR count). The van der Waals surface area contributed by atoms with Gasteiger partial charge in [-0.3, -0.25) is 4.79 Å². The minimum absolute atomic E-state index is 0.173. The Morgan fingerprint density at radius 3 is 2.62 bits per heavy atom. The zero-order valence-electron chi connectivity index (χ0n) is 12.3. The summed E-state index contributed by atoms with van der Waals surface area (Å²) in [5, 5.41) is 5.20. The van der Waals surface area contributed by atoms with Crippen LogP contribution in [0, 0.1) is 0 Å². The maximum absolute atomic E-state index is 11.7. The molecule has 4 heteroatoms. The van der Waals surface area contributed by atoms with Crippen LogP contribution in [0.1, 0.15) is 13.8 Å². The average molecular weight is 281 g/mol. The molecular weight excluding hydrogens is 262 g/mol. The van der Waals surface area contributed by atoms with E-state index in [-0.39, 0.29) is 5.91 Å². The third-order valence-electron chi connectivity index (χ3n) is 3.77. The quantitative estimate of drug-likeness (QED) is 0.775. The topological polar surface area (TPSA) is 60.0 Å². The van der Waals surface area contributed by atoms with Gasteiger partial charge in [0.2, 0.25) is 5.91 Å². The predicted octanol–water partition coefficient (Wildman–Crippen LogP) is 3.10. The van der Waals surface area contributed by atoms with E-state index in [0.29, 0.717) is 0 Å². The first kappa shape index (κ1) is 13.6. The largest absolute Gasteiger partial charge is 0.341 e. The van der Waals surface area contributed by atoms with Gasteiger partial charge in [-0.2, -0.15) is 0 Å². The molecule has 0 radical (unpaired) electrons. The van der Waals surface area contributed by atoms with Gasteiger partial charge in [0, 0.05) is 34.0 Å². The summed E-state index contributed by atoms with van der Waals surface area (Å²) in [5.74, 6) is -0.173. The monoisotopic (exact) mass is 281 g/mol. The molecule has 3 aromatic rings. The van der Waals surface area contributed by atoms with E-state index in [9.17, 15) is 4.79 Å². The molecule has 0 bridgehead atoms. The Hall–Kier alpha value is -2.33. The van der Waals surface area contributed by atoms with Gasteiger partial charge in [0.05, 0.1) is 6.04 Å². The summed E-state index contributed by atoms with van der Waals surface area (Å²) in [7, 11) is 0. The molecule has 0 unspecified atom stereocenters. The number of carbonyl (C=O) groups is 1. The molecule has 21 heavy (non-hydrogen) atoms. The van der Waals surface area contributed by atoms with Crippen LogP contribution >= 0.6 is 0 Å². The number of nitrogens with zero attached hydrogens (tertiary/aromatic N) is 1.